The van der Waals surface area contributed by atoms with Crippen LogP contribution < -0.4 is 10.1 Å². The number of amides is 1. The highest BCUT2D eigenvalue weighted by atomic mass is 32.2. The van der Waals surface area contributed by atoms with Gasteiger partial charge in [0.15, 0.2) is 0 Å². The van der Waals surface area contributed by atoms with Gasteiger partial charge in [-0.1, -0.05) is 36.0 Å². The molecule has 7 nitrogen and oxygen atoms in total. The van der Waals surface area contributed by atoms with E-state index in [9.17, 15) is 9.59 Å². The van der Waals surface area contributed by atoms with E-state index in [1.54, 1.807) is 44.4 Å². The molecule has 0 aliphatic carbocycles. The number of rotatable bonds is 8. The Morgan fingerprint density at radius 3 is 2.50 bits per heavy atom. The maximum atomic E-state index is 12.3. The summed E-state index contributed by atoms with van der Waals surface area (Å²) in [7, 11) is 1.61. The summed E-state index contributed by atoms with van der Waals surface area (Å²) < 4.78 is 10.4. The van der Waals surface area contributed by atoms with Gasteiger partial charge in [0.2, 0.25) is 5.91 Å². The van der Waals surface area contributed by atoms with Crippen molar-refractivity contribution in [1.82, 2.24) is 10.2 Å². The van der Waals surface area contributed by atoms with Gasteiger partial charge in [0, 0.05) is 5.56 Å². The first kappa shape index (κ1) is 21.3. The Bertz CT molecular complexity index is 1020. The molecule has 0 radical (unpaired) electrons. The molecule has 154 valence electrons. The quantitative estimate of drug-likeness (QED) is 0.432. The van der Waals surface area contributed by atoms with Gasteiger partial charge in [-0.15, -0.1) is 10.2 Å². The maximum absolute atomic E-state index is 12.3. The summed E-state index contributed by atoms with van der Waals surface area (Å²) in [5.41, 5.74) is 2.26. The van der Waals surface area contributed by atoms with E-state index in [4.69, 9.17) is 9.47 Å². The third kappa shape index (κ3) is 5.36. The fraction of sp³-hybridized carbons (Fsp3) is 0.182. The van der Waals surface area contributed by atoms with Crippen LogP contribution in [0.4, 0.5) is 5.69 Å². The average molecular weight is 423 g/mol. The topological polar surface area (TPSA) is 90.4 Å². The summed E-state index contributed by atoms with van der Waals surface area (Å²) in [6.45, 7) is 2.00. The number of esters is 1. The number of hydrogen-bond donors (Lipinski definition) is 1. The number of nitrogens with zero attached hydrogens (tertiary/aromatic N) is 2. The van der Waals surface area contributed by atoms with Crippen LogP contribution >= 0.6 is 11.8 Å². The van der Waals surface area contributed by atoms with Crippen LogP contribution in [0.1, 0.15) is 17.3 Å². The Morgan fingerprint density at radius 2 is 1.77 bits per heavy atom. The minimum Gasteiger partial charge on any atom is -0.496 e. The molecule has 1 aromatic heterocycles. The van der Waals surface area contributed by atoms with Crippen LogP contribution in [-0.4, -0.2) is 41.5 Å². The molecule has 0 saturated heterocycles. The van der Waals surface area contributed by atoms with Crippen LogP contribution in [0.25, 0.3) is 11.3 Å². The van der Waals surface area contributed by atoms with E-state index in [0.29, 0.717) is 27.7 Å². The fourth-order valence-corrected chi connectivity index (χ4v) is 3.32. The minimum absolute atomic E-state index is 0.125. The van der Waals surface area contributed by atoms with Crippen molar-refractivity contribution in [3.63, 3.8) is 0 Å². The van der Waals surface area contributed by atoms with E-state index in [0.717, 1.165) is 5.56 Å². The van der Waals surface area contributed by atoms with Crippen molar-refractivity contribution in [1.29, 1.82) is 0 Å². The largest absolute Gasteiger partial charge is 0.496 e. The summed E-state index contributed by atoms with van der Waals surface area (Å²) >= 11 is 1.25. The number of anilines is 1. The second kappa shape index (κ2) is 10.4. The predicted octanol–water partition coefficient (Wildman–Crippen LogP) is 4.06. The fourth-order valence-electron chi connectivity index (χ4n) is 2.70. The van der Waals surface area contributed by atoms with Crippen molar-refractivity contribution in [2.45, 2.75) is 11.9 Å². The Morgan fingerprint density at radius 1 is 1.00 bits per heavy atom. The number of carbonyl (C=O) groups excluding carboxylic acids is 2. The van der Waals surface area contributed by atoms with Gasteiger partial charge in [-0.3, -0.25) is 4.79 Å². The molecule has 1 amide bonds. The molecule has 0 atom stereocenters. The van der Waals surface area contributed by atoms with Gasteiger partial charge in [-0.2, -0.15) is 0 Å². The third-order valence-electron chi connectivity index (χ3n) is 4.07. The summed E-state index contributed by atoms with van der Waals surface area (Å²) in [6.07, 6.45) is 0. The van der Waals surface area contributed by atoms with Gasteiger partial charge in [-0.25, -0.2) is 4.79 Å². The third-order valence-corrected chi connectivity index (χ3v) is 4.99. The van der Waals surface area contributed by atoms with Gasteiger partial charge >= 0.3 is 5.97 Å². The highest BCUT2D eigenvalue weighted by molar-refractivity contribution is 7.99. The van der Waals surface area contributed by atoms with E-state index in [2.05, 4.69) is 15.5 Å². The number of nitrogens with one attached hydrogen (secondary N) is 1. The molecule has 1 N–H and O–H groups in total. The van der Waals surface area contributed by atoms with Crippen LogP contribution in [0, 0.1) is 0 Å². The molecule has 0 unspecified atom stereocenters. The van der Waals surface area contributed by atoms with E-state index in [1.807, 2.05) is 30.3 Å². The van der Waals surface area contributed by atoms with Gasteiger partial charge in [0.1, 0.15) is 10.8 Å². The highest BCUT2D eigenvalue weighted by Gasteiger charge is 2.14. The summed E-state index contributed by atoms with van der Waals surface area (Å²) in [4.78, 5) is 24.4. The first-order valence-electron chi connectivity index (χ1n) is 9.28. The predicted molar refractivity (Wildman–Crippen MR) is 116 cm³/mol. The SMILES string of the molecule is CCOC(=O)c1ccccc1NC(=O)CSc1ccc(-c2ccccc2OC)nn1. The molecule has 0 saturated carbocycles. The lowest BCUT2D eigenvalue weighted by molar-refractivity contribution is -0.113. The number of para-hydroxylation sites is 2. The van der Waals surface area contributed by atoms with E-state index in [-0.39, 0.29) is 18.3 Å². The second-order valence-electron chi connectivity index (χ2n) is 6.06. The van der Waals surface area contributed by atoms with Crippen molar-refractivity contribution in [2.24, 2.45) is 0 Å². The van der Waals surface area contributed by atoms with Crippen molar-refractivity contribution in [2.75, 3.05) is 24.8 Å². The summed E-state index contributed by atoms with van der Waals surface area (Å²) in [6, 6.07) is 17.9. The summed E-state index contributed by atoms with van der Waals surface area (Å²) in [5.74, 6) is 0.109. The lowest BCUT2D eigenvalue weighted by Crippen LogP contribution is -2.17. The molecular formula is C22H21N3O4S. The zero-order valence-electron chi connectivity index (χ0n) is 16.6. The Hall–Kier alpha value is -3.39. The Labute approximate surface area is 178 Å². The second-order valence-corrected chi connectivity index (χ2v) is 7.06. The minimum atomic E-state index is -0.473. The standard InChI is InChI=1S/C22H21N3O4S/c1-3-29-22(27)16-9-4-6-10-17(16)23-20(26)14-30-21-13-12-18(24-25-21)15-8-5-7-11-19(15)28-2/h4-13H,3,14H2,1-2H3,(H,23,26). The van der Waals surface area contributed by atoms with Gasteiger partial charge in [-0.05, 0) is 43.3 Å². The number of aromatic nitrogens is 2. The molecule has 3 aromatic rings. The molecule has 0 spiro atoms. The molecule has 8 heteroatoms. The van der Waals surface area contributed by atoms with Crippen molar-refractivity contribution in [3.05, 3.63) is 66.2 Å². The van der Waals surface area contributed by atoms with E-state index < -0.39 is 5.97 Å². The first-order valence-corrected chi connectivity index (χ1v) is 10.3. The highest BCUT2D eigenvalue weighted by Crippen LogP contribution is 2.28. The van der Waals surface area contributed by atoms with Gasteiger partial charge in [0.25, 0.3) is 0 Å². The molecule has 0 aliphatic rings. The Balaban J connectivity index is 1.61. The van der Waals surface area contributed by atoms with Crippen molar-refractivity contribution in [3.8, 4) is 17.0 Å². The molecule has 0 fully saturated rings. The van der Waals surface area contributed by atoms with E-state index in [1.165, 1.54) is 11.8 Å². The first-order chi connectivity index (χ1) is 14.6. The molecule has 2 aromatic carbocycles. The molecule has 0 bridgehead atoms. The average Bonchev–Trinajstić information content (AvgIpc) is 2.78. The maximum Gasteiger partial charge on any atom is 0.340 e. The lowest BCUT2D eigenvalue weighted by Gasteiger charge is -2.10. The van der Waals surface area contributed by atoms with Crippen molar-refractivity contribution < 1.29 is 19.1 Å². The number of ether oxygens (including phenoxy) is 2. The number of carbonyl (C=O) groups is 2. The van der Waals surface area contributed by atoms with E-state index >= 15 is 0 Å². The molecule has 1 heterocycles. The van der Waals surface area contributed by atoms with Crippen LogP contribution in [0.2, 0.25) is 0 Å². The lowest BCUT2D eigenvalue weighted by atomic mass is 10.1. The van der Waals surface area contributed by atoms with Gasteiger partial charge < -0.3 is 14.8 Å². The molecular weight excluding hydrogens is 402 g/mol. The smallest absolute Gasteiger partial charge is 0.340 e. The zero-order valence-corrected chi connectivity index (χ0v) is 17.4. The monoisotopic (exact) mass is 423 g/mol. The number of thioether (sulfide) groups is 1. The number of hydrogen-bond acceptors (Lipinski definition) is 7. The summed E-state index contributed by atoms with van der Waals surface area (Å²) in [5, 5.41) is 11.8. The van der Waals surface area contributed by atoms with Crippen LogP contribution in [0.5, 0.6) is 5.75 Å². The van der Waals surface area contributed by atoms with Crippen LogP contribution in [0.15, 0.2) is 65.7 Å². The number of benzene rings is 2. The van der Waals surface area contributed by atoms with Gasteiger partial charge in [0.05, 0.1) is 36.4 Å². The molecule has 0 aliphatic heterocycles. The van der Waals surface area contributed by atoms with Crippen LogP contribution in [-0.2, 0) is 9.53 Å². The van der Waals surface area contributed by atoms with Crippen molar-refractivity contribution >= 4 is 29.3 Å². The van der Waals surface area contributed by atoms with Crippen LogP contribution in [0.3, 0.4) is 0 Å². The zero-order chi connectivity index (χ0) is 21.3. The Kier molecular flexibility index (Phi) is 7.40. The normalized spacial score (nSPS) is 10.3. The number of methoxy groups -OCH3 is 1. The molecule has 30 heavy (non-hydrogen) atoms. The molecule has 3 rings (SSSR count).